The molecule has 0 saturated carbocycles. The van der Waals surface area contributed by atoms with Crippen LogP contribution in [-0.2, 0) is 12.5 Å². The van der Waals surface area contributed by atoms with E-state index in [0.717, 1.165) is 26.5 Å². The summed E-state index contributed by atoms with van der Waals surface area (Å²) in [4.78, 5) is 4.35. The maximum Gasteiger partial charge on any atom is 0.140 e. The Morgan fingerprint density at radius 3 is 2.94 bits per heavy atom. The summed E-state index contributed by atoms with van der Waals surface area (Å²) in [7, 11) is 0. The predicted octanol–water partition coefficient (Wildman–Crippen LogP) is 4.53. The van der Waals surface area contributed by atoms with E-state index in [-0.39, 0.29) is 0 Å². The Hall–Kier alpha value is -0.580. The molecule has 0 unspecified atom stereocenters. The highest BCUT2D eigenvalue weighted by Crippen LogP contribution is 2.25. The van der Waals surface area contributed by atoms with Gasteiger partial charge in [-0.2, -0.15) is 0 Å². The summed E-state index contributed by atoms with van der Waals surface area (Å²) in [6, 6.07) is 5.83. The van der Waals surface area contributed by atoms with E-state index in [9.17, 15) is 0 Å². The van der Waals surface area contributed by atoms with E-state index >= 15 is 0 Å². The first-order chi connectivity index (χ1) is 8.19. The van der Waals surface area contributed by atoms with Gasteiger partial charge in [0, 0.05) is 21.1 Å². The maximum absolute atomic E-state index is 5.88. The lowest BCUT2D eigenvalue weighted by molar-refractivity contribution is 0.303. The van der Waals surface area contributed by atoms with Gasteiger partial charge in [-0.05, 0) is 25.1 Å². The van der Waals surface area contributed by atoms with Gasteiger partial charge in [-0.3, -0.25) is 0 Å². The molecule has 90 valence electrons. The van der Waals surface area contributed by atoms with Gasteiger partial charge in [-0.25, -0.2) is 4.98 Å². The standard InChI is InChI=1S/C12H11BrClNOS/c1-8-7-17-12(15-8)6-16-11-3-2-10(13)4-9(11)5-14/h2-4,7H,5-6H2,1H3. The van der Waals surface area contributed by atoms with E-state index in [1.54, 1.807) is 11.3 Å². The van der Waals surface area contributed by atoms with E-state index in [0.29, 0.717) is 12.5 Å². The van der Waals surface area contributed by atoms with Crippen LogP contribution in [0.4, 0.5) is 0 Å². The first-order valence-electron chi connectivity index (χ1n) is 5.07. The molecule has 0 radical (unpaired) electrons. The van der Waals surface area contributed by atoms with E-state index in [2.05, 4.69) is 20.9 Å². The third kappa shape index (κ3) is 3.44. The van der Waals surface area contributed by atoms with Crippen molar-refractivity contribution in [3.63, 3.8) is 0 Å². The fourth-order valence-electron chi connectivity index (χ4n) is 1.40. The van der Waals surface area contributed by atoms with Gasteiger partial charge in [-0.1, -0.05) is 15.9 Å². The van der Waals surface area contributed by atoms with Crippen molar-refractivity contribution < 1.29 is 4.74 Å². The number of alkyl halides is 1. The summed E-state index contributed by atoms with van der Waals surface area (Å²) in [5.41, 5.74) is 2.01. The number of aryl methyl sites for hydroxylation is 1. The Labute approximate surface area is 118 Å². The second-order valence-electron chi connectivity index (χ2n) is 3.56. The molecule has 1 aromatic heterocycles. The molecule has 0 N–H and O–H groups in total. The fourth-order valence-corrected chi connectivity index (χ4v) is 2.70. The van der Waals surface area contributed by atoms with Gasteiger partial charge >= 0.3 is 0 Å². The second kappa shape index (κ2) is 5.85. The first-order valence-corrected chi connectivity index (χ1v) is 7.28. The summed E-state index contributed by atoms with van der Waals surface area (Å²) < 4.78 is 6.73. The Bertz CT molecular complexity index is 515. The average molecular weight is 333 g/mol. The van der Waals surface area contributed by atoms with Gasteiger partial charge < -0.3 is 4.74 Å². The third-order valence-electron chi connectivity index (χ3n) is 2.18. The molecule has 2 aromatic rings. The van der Waals surface area contributed by atoms with Crippen LogP contribution in [0.1, 0.15) is 16.3 Å². The van der Waals surface area contributed by atoms with Gasteiger partial charge in [0.05, 0.1) is 5.88 Å². The van der Waals surface area contributed by atoms with Gasteiger partial charge in [0.15, 0.2) is 0 Å². The van der Waals surface area contributed by atoms with Crippen LogP contribution >= 0.6 is 38.9 Å². The van der Waals surface area contributed by atoms with Crippen LogP contribution in [-0.4, -0.2) is 4.98 Å². The molecule has 1 aromatic carbocycles. The Morgan fingerprint density at radius 1 is 1.47 bits per heavy atom. The number of nitrogens with zero attached hydrogens (tertiary/aromatic N) is 1. The van der Waals surface area contributed by atoms with E-state index in [4.69, 9.17) is 16.3 Å². The number of ether oxygens (including phenoxy) is 1. The molecule has 0 atom stereocenters. The lowest BCUT2D eigenvalue weighted by Gasteiger charge is -2.08. The van der Waals surface area contributed by atoms with Crippen LogP contribution in [0.2, 0.25) is 0 Å². The lowest BCUT2D eigenvalue weighted by atomic mass is 10.2. The molecule has 2 rings (SSSR count). The molecule has 0 amide bonds. The molecule has 17 heavy (non-hydrogen) atoms. The van der Waals surface area contributed by atoms with Crippen LogP contribution in [0.3, 0.4) is 0 Å². The number of benzene rings is 1. The SMILES string of the molecule is Cc1csc(COc2ccc(Br)cc2CCl)n1. The molecule has 0 aliphatic rings. The lowest BCUT2D eigenvalue weighted by Crippen LogP contribution is -1.97. The highest BCUT2D eigenvalue weighted by atomic mass is 79.9. The first kappa shape index (κ1) is 12.9. The summed E-state index contributed by atoms with van der Waals surface area (Å²) in [5, 5.41) is 2.99. The van der Waals surface area contributed by atoms with Crippen molar-refractivity contribution in [1.82, 2.24) is 4.98 Å². The largest absolute Gasteiger partial charge is 0.486 e. The van der Waals surface area contributed by atoms with E-state index in [1.165, 1.54) is 0 Å². The molecule has 0 aliphatic heterocycles. The highest BCUT2D eigenvalue weighted by molar-refractivity contribution is 9.10. The van der Waals surface area contributed by atoms with Crippen molar-refractivity contribution in [2.24, 2.45) is 0 Å². The quantitative estimate of drug-likeness (QED) is 0.767. The van der Waals surface area contributed by atoms with Crippen molar-refractivity contribution in [1.29, 1.82) is 0 Å². The minimum Gasteiger partial charge on any atom is -0.486 e. The molecule has 0 bridgehead atoms. The van der Waals surface area contributed by atoms with Crippen molar-refractivity contribution in [3.05, 3.63) is 44.3 Å². The molecular weight excluding hydrogens is 322 g/mol. The van der Waals surface area contributed by atoms with Crippen LogP contribution in [0.15, 0.2) is 28.1 Å². The number of thiazole rings is 1. The topological polar surface area (TPSA) is 22.1 Å². The van der Waals surface area contributed by atoms with Crippen LogP contribution in [0.25, 0.3) is 0 Å². The predicted molar refractivity (Wildman–Crippen MR) is 74.9 cm³/mol. The monoisotopic (exact) mass is 331 g/mol. The van der Waals surface area contributed by atoms with Gasteiger partial charge in [0.1, 0.15) is 17.4 Å². The average Bonchev–Trinajstić information content (AvgIpc) is 2.73. The number of hydrogen-bond donors (Lipinski definition) is 0. The Kier molecular flexibility index (Phi) is 4.42. The smallest absolute Gasteiger partial charge is 0.140 e. The minimum absolute atomic E-state index is 0.436. The summed E-state index contributed by atoms with van der Waals surface area (Å²) in [5.74, 6) is 1.25. The summed E-state index contributed by atoms with van der Waals surface area (Å²) in [6.45, 7) is 2.47. The zero-order valence-corrected chi connectivity index (χ0v) is 12.4. The van der Waals surface area contributed by atoms with Crippen LogP contribution in [0, 0.1) is 6.92 Å². The zero-order chi connectivity index (χ0) is 12.3. The number of rotatable bonds is 4. The Morgan fingerprint density at radius 2 is 2.29 bits per heavy atom. The minimum atomic E-state index is 0.436. The second-order valence-corrected chi connectivity index (χ2v) is 5.68. The maximum atomic E-state index is 5.88. The number of hydrogen-bond acceptors (Lipinski definition) is 3. The van der Waals surface area contributed by atoms with Crippen molar-refractivity contribution in [3.8, 4) is 5.75 Å². The Balaban J connectivity index is 2.08. The molecule has 0 saturated heterocycles. The fraction of sp³-hybridized carbons (Fsp3) is 0.250. The highest BCUT2D eigenvalue weighted by Gasteiger charge is 2.05. The zero-order valence-electron chi connectivity index (χ0n) is 9.24. The van der Waals surface area contributed by atoms with Gasteiger partial charge in [0.25, 0.3) is 0 Å². The summed E-state index contributed by atoms with van der Waals surface area (Å²) in [6.07, 6.45) is 0. The molecule has 1 heterocycles. The van der Waals surface area contributed by atoms with Gasteiger partial charge in [-0.15, -0.1) is 22.9 Å². The van der Waals surface area contributed by atoms with Crippen molar-refractivity contribution >= 4 is 38.9 Å². The summed E-state index contributed by atoms with van der Waals surface area (Å²) >= 11 is 10.9. The number of halogens is 2. The molecule has 0 fully saturated rings. The molecule has 2 nitrogen and oxygen atoms in total. The van der Waals surface area contributed by atoms with Crippen LogP contribution < -0.4 is 4.74 Å². The molecule has 0 spiro atoms. The van der Waals surface area contributed by atoms with Crippen LogP contribution in [0.5, 0.6) is 5.75 Å². The van der Waals surface area contributed by atoms with Crippen molar-refractivity contribution in [2.45, 2.75) is 19.4 Å². The normalized spacial score (nSPS) is 10.5. The van der Waals surface area contributed by atoms with Crippen molar-refractivity contribution in [2.75, 3.05) is 0 Å². The third-order valence-corrected chi connectivity index (χ3v) is 3.91. The molecule has 5 heteroatoms. The van der Waals surface area contributed by atoms with Gasteiger partial charge in [0.2, 0.25) is 0 Å². The molecule has 0 aliphatic carbocycles. The van der Waals surface area contributed by atoms with E-state index in [1.807, 2.05) is 30.5 Å². The van der Waals surface area contributed by atoms with E-state index < -0.39 is 0 Å². The molecular formula is C12H11BrClNOS. The number of aromatic nitrogens is 1.